The molecule has 0 aliphatic rings. The second-order valence-electron chi connectivity index (χ2n) is 6.35. The lowest BCUT2D eigenvalue weighted by Gasteiger charge is -2.09. The Labute approximate surface area is 167 Å². The zero-order chi connectivity index (χ0) is 20.0. The smallest absolute Gasteiger partial charge is 0.252 e. The average molecular weight is 404 g/mol. The van der Waals surface area contributed by atoms with Gasteiger partial charge in [0, 0.05) is 34.5 Å². The second kappa shape index (κ2) is 6.64. The summed E-state index contributed by atoms with van der Waals surface area (Å²) in [5, 5.41) is 9.74. The van der Waals surface area contributed by atoms with E-state index in [0.29, 0.717) is 11.3 Å². The molecule has 7 nitrogen and oxygen atoms in total. The predicted molar refractivity (Wildman–Crippen MR) is 108 cm³/mol. The number of benzene rings is 1. The number of amides is 1. The molecule has 0 saturated carbocycles. The van der Waals surface area contributed by atoms with Crippen LogP contribution in [0, 0.1) is 5.82 Å². The number of primary amides is 1. The lowest BCUT2D eigenvalue weighted by Crippen LogP contribution is -2.13. The Hall–Kier alpha value is -3.85. The van der Waals surface area contributed by atoms with E-state index >= 15 is 0 Å². The molecule has 0 aliphatic heterocycles. The highest BCUT2D eigenvalue weighted by atomic mass is 32.1. The number of pyridine rings is 1. The van der Waals surface area contributed by atoms with E-state index in [1.54, 1.807) is 41.2 Å². The second-order valence-corrected chi connectivity index (χ2v) is 7.24. The van der Waals surface area contributed by atoms with Crippen LogP contribution in [-0.2, 0) is 0 Å². The van der Waals surface area contributed by atoms with Gasteiger partial charge in [-0.05, 0) is 30.3 Å². The van der Waals surface area contributed by atoms with Crippen molar-refractivity contribution in [1.29, 1.82) is 0 Å². The molecule has 1 aromatic carbocycles. The van der Waals surface area contributed by atoms with E-state index in [0.717, 1.165) is 27.4 Å². The van der Waals surface area contributed by atoms with E-state index in [-0.39, 0.29) is 11.4 Å². The van der Waals surface area contributed by atoms with Gasteiger partial charge in [0.05, 0.1) is 23.7 Å². The van der Waals surface area contributed by atoms with Crippen LogP contribution in [0.4, 0.5) is 4.39 Å². The Kier molecular flexibility index (Phi) is 3.95. The zero-order valence-corrected chi connectivity index (χ0v) is 15.7. The number of aromatic nitrogens is 5. The molecule has 0 unspecified atom stereocenters. The molecule has 142 valence electrons. The van der Waals surface area contributed by atoms with Crippen molar-refractivity contribution in [1.82, 2.24) is 24.6 Å². The maximum atomic E-state index is 13.3. The SMILES string of the molecule is NC(=O)c1cc(-c2cn[nH]c2-c2ccc(F)cc2)cn2c(-c3nccs3)cnc12. The van der Waals surface area contributed by atoms with Crippen LogP contribution >= 0.6 is 11.3 Å². The van der Waals surface area contributed by atoms with Crippen LogP contribution in [0.25, 0.3) is 38.7 Å². The van der Waals surface area contributed by atoms with Gasteiger partial charge in [-0.3, -0.25) is 14.3 Å². The van der Waals surface area contributed by atoms with Gasteiger partial charge in [0.15, 0.2) is 0 Å². The number of carbonyl (C=O) groups excluding carboxylic acids is 1. The van der Waals surface area contributed by atoms with Crippen molar-refractivity contribution in [3.8, 4) is 33.1 Å². The Morgan fingerprint density at radius 3 is 2.69 bits per heavy atom. The minimum atomic E-state index is -0.583. The molecule has 9 heteroatoms. The number of nitrogens with one attached hydrogen (secondary N) is 1. The molecule has 29 heavy (non-hydrogen) atoms. The number of H-pyrrole nitrogens is 1. The Balaban J connectivity index is 1.74. The Morgan fingerprint density at radius 1 is 1.14 bits per heavy atom. The number of fused-ring (bicyclic) bond motifs is 1. The van der Waals surface area contributed by atoms with E-state index in [9.17, 15) is 9.18 Å². The lowest BCUT2D eigenvalue weighted by atomic mass is 10.0. The van der Waals surface area contributed by atoms with Gasteiger partial charge in [-0.2, -0.15) is 5.10 Å². The number of imidazole rings is 1. The summed E-state index contributed by atoms with van der Waals surface area (Å²) in [6, 6.07) is 7.78. The zero-order valence-electron chi connectivity index (χ0n) is 14.8. The van der Waals surface area contributed by atoms with Crippen LogP contribution in [0.3, 0.4) is 0 Å². The van der Waals surface area contributed by atoms with Crippen LogP contribution in [0.5, 0.6) is 0 Å². The molecular formula is C20H13FN6OS. The van der Waals surface area contributed by atoms with Crippen molar-refractivity contribution >= 4 is 22.9 Å². The first kappa shape index (κ1) is 17.3. The van der Waals surface area contributed by atoms with E-state index in [4.69, 9.17) is 5.73 Å². The minimum Gasteiger partial charge on any atom is -0.365 e. The highest BCUT2D eigenvalue weighted by Crippen LogP contribution is 2.33. The predicted octanol–water partition coefficient (Wildman–Crippen LogP) is 3.75. The van der Waals surface area contributed by atoms with Crippen molar-refractivity contribution in [2.45, 2.75) is 0 Å². The van der Waals surface area contributed by atoms with Gasteiger partial charge in [-0.15, -0.1) is 11.3 Å². The molecule has 0 saturated heterocycles. The number of rotatable bonds is 4. The van der Waals surface area contributed by atoms with Gasteiger partial charge >= 0.3 is 0 Å². The van der Waals surface area contributed by atoms with E-state index in [1.807, 2.05) is 11.6 Å². The number of hydrogen-bond acceptors (Lipinski definition) is 5. The molecule has 5 rings (SSSR count). The minimum absolute atomic E-state index is 0.288. The normalized spacial score (nSPS) is 11.2. The summed E-state index contributed by atoms with van der Waals surface area (Å²) in [4.78, 5) is 20.8. The van der Waals surface area contributed by atoms with Gasteiger partial charge in [0.25, 0.3) is 5.91 Å². The largest absolute Gasteiger partial charge is 0.365 e. The molecule has 0 radical (unpaired) electrons. The molecule has 1 amide bonds. The molecule has 0 aliphatic carbocycles. The maximum absolute atomic E-state index is 13.3. The number of hydrogen-bond donors (Lipinski definition) is 2. The van der Waals surface area contributed by atoms with Crippen molar-refractivity contribution < 1.29 is 9.18 Å². The van der Waals surface area contributed by atoms with Crippen LogP contribution in [-0.4, -0.2) is 30.5 Å². The summed E-state index contributed by atoms with van der Waals surface area (Å²) in [6.45, 7) is 0. The number of nitrogens with zero attached hydrogens (tertiary/aromatic N) is 4. The number of carbonyl (C=O) groups is 1. The molecule has 0 fully saturated rings. The molecule has 0 spiro atoms. The van der Waals surface area contributed by atoms with Crippen molar-refractivity contribution in [2.75, 3.05) is 0 Å². The van der Waals surface area contributed by atoms with Gasteiger partial charge in [-0.1, -0.05) is 0 Å². The Bertz CT molecular complexity index is 1340. The lowest BCUT2D eigenvalue weighted by molar-refractivity contribution is 0.100. The third-order valence-electron chi connectivity index (χ3n) is 4.61. The highest BCUT2D eigenvalue weighted by molar-refractivity contribution is 7.13. The summed E-state index contributed by atoms with van der Waals surface area (Å²) in [5.74, 6) is -0.904. The standard InChI is InChI=1S/C20H13FN6OS/c21-13-3-1-11(2-4-13)17-15(8-25-26-17)12-7-14(18(22)28)19-24-9-16(27(19)10-12)20-23-5-6-29-20/h1-10H,(H2,22,28)(H,25,26). The fourth-order valence-electron chi connectivity index (χ4n) is 3.27. The van der Waals surface area contributed by atoms with E-state index < -0.39 is 5.91 Å². The summed E-state index contributed by atoms with van der Waals surface area (Å²) in [6.07, 6.45) is 6.90. The quantitative estimate of drug-likeness (QED) is 0.476. The summed E-state index contributed by atoms with van der Waals surface area (Å²) in [7, 11) is 0. The van der Waals surface area contributed by atoms with Crippen molar-refractivity contribution in [2.24, 2.45) is 5.73 Å². The number of thiazole rings is 1. The Morgan fingerprint density at radius 2 is 1.97 bits per heavy atom. The van der Waals surface area contributed by atoms with Crippen LogP contribution in [0.2, 0.25) is 0 Å². The van der Waals surface area contributed by atoms with Gasteiger partial charge < -0.3 is 5.73 Å². The van der Waals surface area contributed by atoms with Crippen LogP contribution in [0.15, 0.2) is 60.5 Å². The third kappa shape index (κ3) is 2.88. The number of halogens is 1. The van der Waals surface area contributed by atoms with Gasteiger partial charge in [0.2, 0.25) is 0 Å². The molecule has 3 N–H and O–H groups in total. The summed E-state index contributed by atoms with van der Waals surface area (Å²) in [5.41, 5.74) is 10.1. The molecule has 0 atom stereocenters. The van der Waals surface area contributed by atoms with Crippen molar-refractivity contribution in [3.05, 3.63) is 71.9 Å². The molecular weight excluding hydrogens is 391 g/mol. The highest BCUT2D eigenvalue weighted by Gasteiger charge is 2.18. The third-order valence-corrected chi connectivity index (χ3v) is 5.40. The first-order valence-electron chi connectivity index (χ1n) is 8.62. The summed E-state index contributed by atoms with van der Waals surface area (Å²) < 4.78 is 15.1. The monoisotopic (exact) mass is 404 g/mol. The fourth-order valence-corrected chi connectivity index (χ4v) is 3.91. The first-order valence-corrected chi connectivity index (χ1v) is 9.50. The summed E-state index contributed by atoms with van der Waals surface area (Å²) >= 11 is 1.47. The maximum Gasteiger partial charge on any atom is 0.252 e. The average Bonchev–Trinajstić information content (AvgIpc) is 3.47. The topological polar surface area (TPSA) is 102 Å². The van der Waals surface area contributed by atoms with Crippen LogP contribution < -0.4 is 5.73 Å². The van der Waals surface area contributed by atoms with E-state index in [2.05, 4.69) is 20.2 Å². The molecule has 5 aromatic rings. The fraction of sp³-hybridized carbons (Fsp3) is 0. The van der Waals surface area contributed by atoms with Gasteiger partial charge in [-0.25, -0.2) is 14.4 Å². The molecule has 4 heterocycles. The van der Waals surface area contributed by atoms with Crippen LogP contribution in [0.1, 0.15) is 10.4 Å². The first-order chi connectivity index (χ1) is 14.1. The van der Waals surface area contributed by atoms with Gasteiger partial charge in [0.1, 0.15) is 22.2 Å². The molecule has 0 bridgehead atoms. The number of nitrogens with two attached hydrogens (primary N) is 1. The molecule has 4 aromatic heterocycles. The van der Waals surface area contributed by atoms with E-state index in [1.165, 1.54) is 23.5 Å². The number of aromatic amines is 1. The van der Waals surface area contributed by atoms with Crippen molar-refractivity contribution in [3.63, 3.8) is 0 Å².